The summed E-state index contributed by atoms with van der Waals surface area (Å²) in [5, 5.41) is 14.9. The number of aliphatic hydroxyl groups excluding tert-OH is 1. The van der Waals surface area contributed by atoms with Gasteiger partial charge in [-0.05, 0) is 42.6 Å². The summed E-state index contributed by atoms with van der Waals surface area (Å²) in [5.41, 5.74) is 3.09. The monoisotopic (exact) mass is 485 g/mol. The van der Waals surface area contributed by atoms with Crippen molar-refractivity contribution in [1.29, 1.82) is 0 Å². The van der Waals surface area contributed by atoms with E-state index in [1.165, 1.54) is 24.1 Å². The zero-order valence-electron chi connectivity index (χ0n) is 19.8. The van der Waals surface area contributed by atoms with Crippen LogP contribution in [-0.2, 0) is 11.3 Å². The molecule has 1 saturated heterocycles. The van der Waals surface area contributed by atoms with Gasteiger partial charge in [-0.1, -0.05) is 56.3 Å². The predicted octanol–water partition coefficient (Wildman–Crippen LogP) is 4.27. The summed E-state index contributed by atoms with van der Waals surface area (Å²) in [4.78, 5) is 10.5. The average molecular weight is 487 g/mol. The van der Waals surface area contributed by atoms with Gasteiger partial charge in [0.05, 0.1) is 5.71 Å². The molecule has 3 aliphatic rings. The molecular weight excluding hydrogens is 445 g/mol. The highest BCUT2D eigenvalue weighted by molar-refractivity contribution is 5.93. The Morgan fingerprint density at radius 1 is 1.06 bits per heavy atom. The van der Waals surface area contributed by atoms with Crippen LogP contribution >= 0.6 is 24.8 Å². The summed E-state index contributed by atoms with van der Waals surface area (Å²) in [7, 11) is 0. The standard InChI is InChI=1S/C25H39N3O2.2ClH/c1-24(2)21-9-11-25(24,3)23(17-21)26-30-19-22(29)18-28-15-13-27(14-16-28)12-10-20-7-5-4-6-8-20;;/h4-8,21-22,29H,9-19H2,1-3H3;2*1H. The van der Waals surface area contributed by atoms with Gasteiger partial charge >= 0.3 is 0 Å². The molecule has 5 nitrogen and oxygen atoms in total. The summed E-state index contributed by atoms with van der Waals surface area (Å²) < 4.78 is 0. The number of halogens is 2. The maximum absolute atomic E-state index is 10.4. The van der Waals surface area contributed by atoms with Crippen molar-refractivity contribution in [3.8, 4) is 0 Å². The number of rotatable bonds is 8. The number of aliphatic hydroxyl groups is 1. The molecule has 0 spiro atoms. The van der Waals surface area contributed by atoms with E-state index in [0.29, 0.717) is 18.6 Å². The van der Waals surface area contributed by atoms with Crippen molar-refractivity contribution in [3.63, 3.8) is 0 Å². The minimum Gasteiger partial charge on any atom is -0.393 e. The fraction of sp³-hybridized carbons (Fsp3) is 0.720. The van der Waals surface area contributed by atoms with Gasteiger partial charge in [0.1, 0.15) is 12.7 Å². The van der Waals surface area contributed by atoms with Crippen LogP contribution < -0.4 is 0 Å². The van der Waals surface area contributed by atoms with E-state index in [-0.39, 0.29) is 30.2 Å². The second kappa shape index (κ2) is 11.5. The molecule has 1 N–H and O–H groups in total. The van der Waals surface area contributed by atoms with E-state index >= 15 is 0 Å². The van der Waals surface area contributed by atoms with Gasteiger partial charge in [0.15, 0.2) is 0 Å². The summed E-state index contributed by atoms with van der Waals surface area (Å²) in [6.45, 7) is 13.3. The molecule has 7 heteroatoms. The van der Waals surface area contributed by atoms with Crippen molar-refractivity contribution >= 4 is 30.5 Å². The van der Waals surface area contributed by atoms with E-state index in [1.807, 2.05) is 0 Å². The van der Waals surface area contributed by atoms with E-state index in [0.717, 1.165) is 51.5 Å². The Bertz CT molecular complexity index is 738. The van der Waals surface area contributed by atoms with Crippen LogP contribution in [0.4, 0.5) is 0 Å². The number of β-amino-alcohol motifs (C(OH)–C–C–N with tert-alkyl or cyclic N) is 1. The fourth-order valence-corrected chi connectivity index (χ4v) is 5.75. The summed E-state index contributed by atoms with van der Waals surface area (Å²) >= 11 is 0. The number of benzene rings is 1. The van der Waals surface area contributed by atoms with Crippen LogP contribution in [0, 0.1) is 16.7 Å². The molecule has 1 aliphatic heterocycles. The zero-order chi connectivity index (χ0) is 21.2. The van der Waals surface area contributed by atoms with Gasteiger partial charge in [-0.15, -0.1) is 24.8 Å². The predicted molar refractivity (Wildman–Crippen MR) is 136 cm³/mol. The molecular formula is C25H41Cl2N3O2. The largest absolute Gasteiger partial charge is 0.393 e. The van der Waals surface area contributed by atoms with Crippen LogP contribution in [0.3, 0.4) is 0 Å². The molecule has 3 fully saturated rings. The molecule has 182 valence electrons. The van der Waals surface area contributed by atoms with E-state index in [2.05, 4.69) is 66.1 Å². The Labute approximate surface area is 206 Å². The summed E-state index contributed by atoms with van der Waals surface area (Å²) in [5.74, 6) is 0.730. The lowest BCUT2D eigenvalue weighted by atomic mass is 9.70. The first-order chi connectivity index (χ1) is 14.4. The number of oxime groups is 1. The minimum absolute atomic E-state index is 0. The number of piperazine rings is 1. The van der Waals surface area contributed by atoms with Gasteiger partial charge in [-0.25, -0.2) is 0 Å². The highest BCUT2D eigenvalue weighted by Crippen LogP contribution is 2.63. The first kappa shape index (κ1) is 27.4. The molecule has 3 unspecified atom stereocenters. The number of hydrogen-bond acceptors (Lipinski definition) is 5. The Kier molecular flexibility index (Phi) is 9.87. The number of nitrogens with zero attached hydrogens (tertiary/aromatic N) is 3. The molecule has 2 aliphatic carbocycles. The van der Waals surface area contributed by atoms with Crippen LogP contribution in [0.1, 0.15) is 45.6 Å². The highest BCUT2D eigenvalue weighted by atomic mass is 35.5. The molecule has 2 saturated carbocycles. The molecule has 2 bridgehead atoms. The Hall–Kier alpha value is -0.850. The Morgan fingerprint density at radius 3 is 2.31 bits per heavy atom. The van der Waals surface area contributed by atoms with Crippen molar-refractivity contribution in [1.82, 2.24) is 9.80 Å². The van der Waals surface area contributed by atoms with Gasteiger partial charge in [0, 0.05) is 44.7 Å². The number of fused-ring (bicyclic) bond motifs is 2. The van der Waals surface area contributed by atoms with E-state index in [9.17, 15) is 5.11 Å². The van der Waals surface area contributed by atoms with E-state index in [1.54, 1.807) is 0 Å². The first-order valence-corrected chi connectivity index (χ1v) is 11.7. The first-order valence-electron chi connectivity index (χ1n) is 11.7. The van der Waals surface area contributed by atoms with Crippen LogP contribution in [-0.4, -0.2) is 72.6 Å². The van der Waals surface area contributed by atoms with Crippen molar-refractivity contribution < 1.29 is 9.94 Å². The molecule has 0 aromatic heterocycles. The van der Waals surface area contributed by atoms with Crippen LogP contribution in [0.15, 0.2) is 35.5 Å². The second-order valence-corrected chi connectivity index (χ2v) is 10.4. The average Bonchev–Trinajstić information content (AvgIpc) is 3.08. The number of hydrogen-bond donors (Lipinski definition) is 1. The minimum atomic E-state index is -0.482. The van der Waals surface area contributed by atoms with Gasteiger partial charge in [-0.3, -0.25) is 4.90 Å². The maximum Gasteiger partial charge on any atom is 0.144 e. The lowest BCUT2D eigenvalue weighted by molar-refractivity contribution is 0.00795. The Balaban J connectivity index is 0.00000181. The lowest BCUT2D eigenvalue weighted by Gasteiger charge is -2.35. The summed E-state index contributed by atoms with van der Waals surface area (Å²) in [6.07, 6.45) is 4.20. The second-order valence-electron chi connectivity index (χ2n) is 10.4. The molecule has 0 radical (unpaired) electrons. The third-order valence-corrected chi connectivity index (χ3v) is 8.45. The van der Waals surface area contributed by atoms with Crippen molar-refractivity contribution in [2.24, 2.45) is 21.9 Å². The lowest BCUT2D eigenvalue weighted by Crippen LogP contribution is -2.49. The quantitative estimate of drug-likeness (QED) is 0.558. The third kappa shape index (κ3) is 5.79. The van der Waals surface area contributed by atoms with Gasteiger partial charge < -0.3 is 14.8 Å². The molecule has 32 heavy (non-hydrogen) atoms. The maximum atomic E-state index is 10.4. The molecule has 4 rings (SSSR count). The van der Waals surface area contributed by atoms with Gasteiger partial charge in [-0.2, -0.15) is 0 Å². The van der Waals surface area contributed by atoms with Crippen LogP contribution in [0.25, 0.3) is 0 Å². The van der Waals surface area contributed by atoms with Crippen molar-refractivity contribution in [3.05, 3.63) is 35.9 Å². The molecule has 1 aromatic rings. The molecule has 0 amide bonds. The molecule has 1 heterocycles. The van der Waals surface area contributed by atoms with Gasteiger partial charge in [0.2, 0.25) is 0 Å². The molecule has 1 aromatic carbocycles. The third-order valence-electron chi connectivity index (χ3n) is 8.45. The molecule has 3 atom stereocenters. The van der Waals surface area contributed by atoms with Crippen molar-refractivity contribution in [2.75, 3.05) is 45.9 Å². The van der Waals surface area contributed by atoms with Gasteiger partial charge in [0.25, 0.3) is 0 Å². The van der Waals surface area contributed by atoms with E-state index < -0.39 is 6.10 Å². The Morgan fingerprint density at radius 2 is 1.72 bits per heavy atom. The van der Waals surface area contributed by atoms with Crippen LogP contribution in [0.5, 0.6) is 0 Å². The highest BCUT2D eigenvalue weighted by Gasteiger charge is 2.60. The fourth-order valence-electron chi connectivity index (χ4n) is 5.75. The smallest absolute Gasteiger partial charge is 0.144 e. The summed E-state index contributed by atoms with van der Waals surface area (Å²) in [6, 6.07) is 10.7. The van der Waals surface area contributed by atoms with Crippen molar-refractivity contribution in [2.45, 2.75) is 52.6 Å². The SMILES string of the molecule is CC12CCC(CC1=NOCC(O)CN1CCN(CCc3ccccc3)CC1)C2(C)C.Cl.Cl. The normalized spacial score (nSPS) is 29.4. The zero-order valence-corrected chi connectivity index (χ0v) is 21.5. The topological polar surface area (TPSA) is 48.3 Å². The van der Waals surface area contributed by atoms with Crippen LogP contribution in [0.2, 0.25) is 0 Å². The van der Waals surface area contributed by atoms with E-state index in [4.69, 9.17) is 4.84 Å².